The van der Waals surface area contributed by atoms with Crippen LogP contribution in [-0.4, -0.2) is 35.6 Å². The summed E-state index contributed by atoms with van der Waals surface area (Å²) >= 11 is 0. The van der Waals surface area contributed by atoms with Gasteiger partial charge in [0.1, 0.15) is 0 Å². The number of carboxylic acid groups (broad SMARTS) is 1. The number of carbonyl (C=O) groups excluding carboxylic acids is 1. The number of sulfone groups is 1. The van der Waals surface area contributed by atoms with Gasteiger partial charge in [0.05, 0.1) is 22.3 Å². The van der Waals surface area contributed by atoms with Crippen molar-refractivity contribution in [2.24, 2.45) is 0 Å². The molecule has 3 rings (SSSR count). The van der Waals surface area contributed by atoms with Crippen LogP contribution in [0.25, 0.3) is 0 Å². The van der Waals surface area contributed by atoms with Gasteiger partial charge in [-0.3, -0.25) is 9.59 Å². The van der Waals surface area contributed by atoms with Crippen molar-refractivity contribution < 1.29 is 23.1 Å². The number of carbonyl (C=O) groups is 2. The average molecular weight is 361 g/mol. The molecular weight excluding hydrogens is 342 g/mol. The van der Waals surface area contributed by atoms with Crippen LogP contribution in [0.3, 0.4) is 0 Å². The topological polar surface area (TPSA) is 93.4 Å². The highest BCUT2D eigenvalue weighted by Gasteiger charge is 2.31. The van der Waals surface area contributed by atoms with Crippen LogP contribution >= 0.6 is 0 Å². The number of hydrogen-bond donors (Lipinski definition) is 1. The average Bonchev–Trinajstić information content (AvgIpc) is 3.15. The molecule has 2 aromatic rings. The van der Waals surface area contributed by atoms with Crippen molar-refractivity contribution in [2.75, 3.05) is 5.75 Å². The molecule has 6 nitrogen and oxygen atoms in total. The van der Waals surface area contributed by atoms with Crippen molar-refractivity contribution >= 4 is 21.6 Å². The third-order valence-corrected chi connectivity index (χ3v) is 6.43. The molecule has 1 aromatic heterocycles. The van der Waals surface area contributed by atoms with E-state index in [2.05, 4.69) is 0 Å². The number of nitrogens with zero attached hydrogens (tertiary/aromatic N) is 1. The molecule has 0 radical (unpaired) electrons. The maximum Gasteiger partial charge on any atom is 0.312 e. The van der Waals surface area contributed by atoms with E-state index >= 15 is 0 Å². The van der Waals surface area contributed by atoms with Crippen LogP contribution in [0.4, 0.5) is 0 Å². The summed E-state index contributed by atoms with van der Waals surface area (Å²) in [5.41, 5.74) is 1.45. The van der Waals surface area contributed by atoms with Crippen molar-refractivity contribution in [1.82, 2.24) is 4.57 Å². The van der Waals surface area contributed by atoms with Crippen LogP contribution in [-0.2, 0) is 21.2 Å². The van der Waals surface area contributed by atoms with Gasteiger partial charge in [-0.2, -0.15) is 0 Å². The van der Waals surface area contributed by atoms with E-state index < -0.39 is 21.7 Å². The van der Waals surface area contributed by atoms with Crippen LogP contribution in [0.1, 0.15) is 47.4 Å². The standard InChI is InChI=1S/C18H19NO5S/c1-2-11-25(23,24)13-5-3-12(4-6-13)17(20)16-8-7-15-14(18(21)22)9-10-19(15)16/h3-8,14H,2,9-11H2,1H3,(H,21,22). The van der Waals surface area contributed by atoms with Crippen molar-refractivity contribution in [1.29, 1.82) is 0 Å². The second-order valence-electron chi connectivity index (χ2n) is 6.15. The van der Waals surface area contributed by atoms with Crippen molar-refractivity contribution in [3.05, 3.63) is 53.3 Å². The van der Waals surface area contributed by atoms with Gasteiger partial charge in [0.25, 0.3) is 0 Å². The van der Waals surface area contributed by atoms with Gasteiger partial charge in [-0.05, 0) is 49.2 Å². The molecule has 1 aliphatic heterocycles. The van der Waals surface area contributed by atoms with E-state index in [1.807, 2.05) is 0 Å². The quantitative estimate of drug-likeness (QED) is 0.798. The normalized spacial score (nSPS) is 16.6. The highest BCUT2D eigenvalue weighted by atomic mass is 32.2. The van der Waals surface area contributed by atoms with Gasteiger partial charge < -0.3 is 9.67 Å². The van der Waals surface area contributed by atoms with Crippen molar-refractivity contribution in [3.8, 4) is 0 Å². The Kier molecular flexibility index (Phi) is 4.51. The zero-order valence-electron chi connectivity index (χ0n) is 13.8. The van der Waals surface area contributed by atoms with Crippen LogP contribution in [0, 0.1) is 0 Å². The van der Waals surface area contributed by atoms with Gasteiger partial charge in [0, 0.05) is 17.8 Å². The Labute approximate surface area is 146 Å². The molecular formula is C18H19NO5S. The number of hydrogen-bond acceptors (Lipinski definition) is 4. The predicted octanol–water partition coefficient (Wildman–Crippen LogP) is 2.47. The van der Waals surface area contributed by atoms with Crippen LogP contribution < -0.4 is 0 Å². The van der Waals surface area contributed by atoms with Gasteiger partial charge in [-0.15, -0.1) is 0 Å². The highest BCUT2D eigenvalue weighted by Crippen LogP contribution is 2.31. The number of carboxylic acids is 1. The Morgan fingerprint density at radius 1 is 1.16 bits per heavy atom. The van der Waals surface area contributed by atoms with E-state index in [1.165, 1.54) is 24.3 Å². The van der Waals surface area contributed by atoms with Crippen molar-refractivity contribution in [2.45, 2.75) is 37.1 Å². The van der Waals surface area contributed by atoms with E-state index in [1.54, 1.807) is 23.6 Å². The van der Waals surface area contributed by atoms with Crippen LogP contribution in [0.5, 0.6) is 0 Å². The van der Waals surface area contributed by atoms with Crippen molar-refractivity contribution in [3.63, 3.8) is 0 Å². The lowest BCUT2D eigenvalue weighted by atomic mass is 10.1. The number of ketones is 1. The molecule has 0 amide bonds. The number of aliphatic carboxylic acids is 1. The van der Waals surface area contributed by atoms with E-state index in [-0.39, 0.29) is 16.4 Å². The zero-order valence-corrected chi connectivity index (χ0v) is 14.6. The molecule has 0 saturated heterocycles. The molecule has 0 aliphatic carbocycles. The summed E-state index contributed by atoms with van der Waals surface area (Å²) in [5.74, 6) is -1.63. The summed E-state index contributed by atoms with van der Waals surface area (Å²) < 4.78 is 25.8. The van der Waals surface area contributed by atoms with Gasteiger partial charge in [-0.25, -0.2) is 8.42 Å². The monoisotopic (exact) mass is 361 g/mol. The molecule has 25 heavy (non-hydrogen) atoms. The third kappa shape index (κ3) is 3.11. The number of aromatic nitrogens is 1. The molecule has 0 saturated carbocycles. The van der Waals surface area contributed by atoms with Crippen LogP contribution in [0.2, 0.25) is 0 Å². The molecule has 2 heterocycles. The van der Waals surface area contributed by atoms with E-state index in [4.69, 9.17) is 0 Å². The Hall–Kier alpha value is -2.41. The summed E-state index contributed by atoms with van der Waals surface area (Å²) in [5, 5.41) is 9.22. The summed E-state index contributed by atoms with van der Waals surface area (Å²) in [6, 6.07) is 9.23. The summed E-state index contributed by atoms with van der Waals surface area (Å²) in [7, 11) is -3.31. The summed E-state index contributed by atoms with van der Waals surface area (Å²) in [6.45, 7) is 2.29. The highest BCUT2D eigenvalue weighted by molar-refractivity contribution is 7.91. The SMILES string of the molecule is CCCS(=O)(=O)c1ccc(C(=O)c2ccc3n2CCC3C(=O)O)cc1. The second-order valence-corrected chi connectivity index (χ2v) is 8.26. The van der Waals surface area contributed by atoms with Gasteiger partial charge in [0.2, 0.25) is 5.78 Å². The number of fused-ring (bicyclic) bond motifs is 1. The summed E-state index contributed by atoms with van der Waals surface area (Å²) in [6.07, 6.45) is 1.00. The number of rotatable bonds is 6. The first-order valence-corrected chi connectivity index (χ1v) is 9.80. The Morgan fingerprint density at radius 2 is 1.84 bits per heavy atom. The maximum atomic E-state index is 12.7. The van der Waals surface area contributed by atoms with Gasteiger partial charge in [0.15, 0.2) is 9.84 Å². The smallest absolute Gasteiger partial charge is 0.312 e. The first kappa shape index (κ1) is 17.4. The van der Waals surface area contributed by atoms with E-state index in [9.17, 15) is 23.1 Å². The fraction of sp³-hybridized carbons (Fsp3) is 0.333. The Morgan fingerprint density at radius 3 is 2.44 bits per heavy atom. The molecule has 0 bridgehead atoms. The fourth-order valence-electron chi connectivity index (χ4n) is 3.24. The summed E-state index contributed by atoms with van der Waals surface area (Å²) in [4.78, 5) is 24.2. The van der Waals surface area contributed by atoms with Gasteiger partial charge in [-0.1, -0.05) is 6.92 Å². The molecule has 7 heteroatoms. The zero-order chi connectivity index (χ0) is 18.2. The molecule has 0 spiro atoms. The minimum absolute atomic E-state index is 0.0725. The first-order valence-electron chi connectivity index (χ1n) is 8.15. The van der Waals surface area contributed by atoms with Gasteiger partial charge >= 0.3 is 5.97 Å². The molecule has 0 fully saturated rings. The first-order chi connectivity index (χ1) is 11.8. The molecule has 1 aliphatic rings. The molecule has 1 unspecified atom stereocenters. The van der Waals surface area contributed by atoms with E-state index in [0.717, 1.165) is 0 Å². The lowest BCUT2D eigenvalue weighted by molar-refractivity contribution is -0.138. The Balaban J connectivity index is 1.88. The lowest BCUT2D eigenvalue weighted by Gasteiger charge is -2.07. The minimum Gasteiger partial charge on any atom is -0.481 e. The largest absolute Gasteiger partial charge is 0.481 e. The minimum atomic E-state index is -3.31. The number of benzene rings is 1. The van der Waals surface area contributed by atoms with Crippen LogP contribution in [0.15, 0.2) is 41.3 Å². The second kappa shape index (κ2) is 6.48. The maximum absolute atomic E-state index is 12.7. The molecule has 1 N–H and O–H groups in total. The molecule has 1 atom stereocenters. The van der Waals surface area contributed by atoms with E-state index in [0.29, 0.717) is 36.3 Å². The lowest BCUT2D eigenvalue weighted by Crippen LogP contribution is -2.10. The molecule has 1 aromatic carbocycles. The predicted molar refractivity (Wildman–Crippen MR) is 91.6 cm³/mol. The molecule has 132 valence electrons. The third-order valence-electron chi connectivity index (χ3n) is 4.49. The Bertz CT molecular complexity index is 925. The fourth-order valence-corrected chi connectivity index (χ4v) is 4.56.